The van der Waals surface area contributed by atoms with Crippen LogP contribution >= 0.6 is 0 Å². The third-order valence-electron chi connectivity index (χ3n) is 5.50. The van der Waals surface area contributed by atoms with Crippen LogP contribution in [0.25, 0.3) is 11.1 Å². The minimum absolute atomic E-state index is 0.0155. The van der Waals surface area contributed by atoms with Crippen molar-refractivity contribution in [3.8, 4) is 0 Å². The van der Waals surface area contributed by atoms with Crippen molar-refractivity contribution < 1.29 is 26.8 Å². The number of rotatable bonds is 3. The highest BCUT2D eigenvalue weighted by atomic mass is 19.4. The van der Waals surface area contributed by atoms with Crippen molar-refractivity contribution in [2.75, 3.05) is 6.54 Å². The summed E-state index contributed by atoms with van der Waals surface area (Å²) >= 11 is 0. The summed E-state index contributed by atoms with van der Waals surface area (Å²) in [6, 6.07) is 5.04. The molecule has 4 heterocycles. The predicted molar refractivity (Wildman–Crippen MR) is 106 cm³/mol. The Morgan fingerprint density at radius 2 is 1.94 bits per heavy atom. The van der Waals surface area contributed by atoms with Gasteiger partial charge in [-0.15, -0.1) is 10.2 Å². The number of halogens is 4. The first-order chi connectivity index (χ1) is 16.1. The van der Waals surface area contributed by atoms with E-state index in [1.807, 2.05) is 0 Å². The highest BCUT2D eigenvalue weighted by Gasteiger charge is 2.40. The Bertz CT molecular complexity index is 1550. The smallest absolute Gasteiger partial charge is 0.447 e. The van der Waals surface area contributed by atoms with Crippen molar-refractivity contribution in [1.29, 1.82) is 0 Å². The van der Waals surface area contributed by atoms with E-state index in [0.717, 1.165) is 15.2 Å². The maximum absolute atomic E-state index is 14.5. The van der Waals surface area contributed by atoms with Crippen LogP contribution in [-0.4, -0.2) is 41.7 Å². The van der Waals surface area contributed by atoms with Crippen molar-refractivity contribution in [2.45, 2.75) is 25.8 Å². The molecule has 1 aliphatic rings. The van der Waals surface area contributed by atoms with Gasteiger partial charge < -0.3 is 13.9 Å². The van der Waals surface area contributed by atoms with E-state index in [4.69, 9.17) is 4.42 Å². The molecule has 0 unspecified atom stereocenters. The number of fused-ring (bicyclic) bond motifs is 2. The lowest BCUT2D eigenvalue weighted by atomic mass is 10.1. The Morgan fingerprint density at radius 3 is 2.71 bits per heavy atom. The van der Waals surface area contributed by atoms with Gasteiger partial charge in [-0.3, -0.25) is 19.1 Å². The molecule has 34 heavy (non-hydrogen) atoms. The lowest BCUT2D eigenvalue weighted by molar-refractivity contribution is -0.147. The van der Waals surface area contributed by atoms with Gasteiger partial charge in [-0.2, -0.15) is 13.2 Å². The number of amides is 1. The number of hydrogen-bond acceptors (Lipinski definition) is 6. The van der Waals surface area contributed by atoms with Gasteiger partial charge in [-0.1, -0.05) is 6.07 Å². The molecule has 0 saturated carbocycles. The van der Waals surface area contributed by atoms with Crippen LogP contribution in [-0.2, 0) is 25.8 Å². The zero-order valence-corrected chi connectivity index (χ0v) is 17.1. The van der Waals surface area contributed by atoms with Gasteiger partial charge in [-0.25, -0.2) is 9.18 Å². The van der Waals surface area contributed by atoms with E-state index in [0.29, 0.717) is 5.56 Å². The fraction of sp³-hybridized carbons (Fsp3) is 0.250. The zero-order chi connectivity index (χ0) is 24.2. The molecule has 14 heteroatoms. The number of H-pyrrole nitrogens is 1. The summed E-state index contributed by atoms with van der Waals surface area (Å²) in [6.07, 6.45) is -3.44. The molecule has 1 N–H and O–H groups in total. The van der Waals surface area contributed by atoms with Crippen molar-refractivity contribution >= 4 is 17.0 Å². The van der Waals surface area contributed by atoms with E-state index in [1.165, 1.54) is 29.4 Å². The Morgan fingerprint density at radius 1 is 1.15 bits per heavy atom. The Kier molecular flexibility index (Phi) is 4.88. The molecule has 0 radical (unpaired) electrons. The Labute approximate surface area is 186 Å². The number of carbonyl (C=O) groups is 1. The second-order valence-corrected chi connectivity index (χ2v) is 7.61. The summed E-state index contributed by atoms with van der Waals surface area (Å²) in [5.41, 5.74) is -1.32. The fourth-order valence-corrected chi connectivity index (χ4v) is 3.88. The predicted octanol–water partition coefficient (Wildman–Crippen LogP) is 1.74. The van der Waals surface area contributed by atoms with Gasteiger partial charge in [0.2, 0.25) is 11.5 Å². The molecule has 0 aliphatic carbocycles. The van der Waals surface area contributed by atoms with E-state index >= 15 is 0 Å². The van der Waals surface area contributed by atoms with Gasteiger partial charge in [-0.05, 0) is 23.8 Å². The van der Waals surface area contributed by atoms with Crippen LogP contribution in [0.15, 0.2) is 44.5 Å². The third-order valence-corrected chi connectivity index (χ3v) is 5.50. The van der Waals surface area contributed by atoms with E-state index in [1.54, 1.807) is 0 Å². The summed E-state index contributed by atoms with van der Waals surface area (Å²) in [4.78, 5) is 40.5. The first-order valence-corrected chi connectivity index (χ1v) is 9.91. The molecule has 5 rings (SSSR count). The van der Waals surface area contributed by atoms with Gasteiger partial charge in [0.15, 0.2) is 5.82 Å². The zero-order valence-electron chi connectivity index (χ0n) is 17.1. The van der Waals surface area contributed by atoms with Crippen molar-refractivity contribution in [2.24, 2.45) is 0 Å². The molecule has 1 aliphatic heterocycles. The Balaban J connectivity index is 1.43. The minimum atomic E-state index is -4.68. The molecule has 176 valence electrons. The molecular formula is C20H14F4N6O4. The maximum atomic E-state index is 14.5. The molecule has 0 fully saturated rings. The SMILES string of the molecule is O=C(c1cc(Cn2c(=O)[nH]c(=O)c3ccoc32)ccc1F)N1CCn2c(nnc2C(F)(F)F)C1. The topological polar surface area (TPSA) is 119 Å². The van der Waals surface area contributed by atoms with Crippen LogP contribution in [0.1, 0.15) is 27.6 Å². The van der Waals surface area contributed by atoms with Crippen molar-refractivity contribution in [3.63, 3.8) is 0 Å². The van der Waals surface area contributed by atoms with Crippen LogP contribution in [0.2, 0.25) is 0 Å². The summed E-state index contributed by atoms with van der Waals surface area (Å²) in [5.74, 6) is -2.81. The van der Waals surface area contributed by atoms with Crippen LogP contribution in [0, 0.1) is 5.82 Å². The number of furan rings is 1. The van der Waals surface area contributed by atoms with E-state index in [2.05, 4.69) is 15.2 Å². The number of aromatic amines is 1. The van der Waals surface area contributed by atoms with E-state index in [9.17, 15) is 31.9 Å². The standard InChI is InChI=1S/C20H14F4N6O4/c21-13-2-1-10(8-30-17-11(3-6-34-17)15(31)25-19(30)33)7-12(13)16(32)28-4-5-29-14(9-28)26-27-18(29)20(22,23)24/h1-3,6-7H,4-5,8-9H2,(H,25,31,33). The number of carbonyl (C=O) groups excluding carboxylic acids is 1. The van der Waals surface area contributed by atoms with Crippen LogP contribution in [0.3, 0.4) is 0 Å². The lowest BCUT2D eigenvalue weighted by Crippen LogP contribution is -2.39. The molecule has 3 aromatic heterocycles. The molecule has 4 aromatic rings. The number of nitrogens with zero attached hydrogens (tertiary/aromatic N) is 5. The second-order valence-electron chi connectivity index (χ2n) is 7.61. The highest BCUT2D eigenvalue weighted by molar-refractivity contribution is 5.94. The molecular weight excluding hydrogens is 464 g/mol. The monoisotopic (exact) mass is 478 g/mol. The molecule has 0 bridgehead atoms. The van der Waals surface area contributed by atoms with Crippen LogP contribution in [0.4, 0.5) is 17.6 Å². The van der Waals surface area contributed by atoms with Crippen LogP contribution < -0.4 is 11.2 Å². The molecule has 1 amide bonds. The molecule has 10 nitrogen and oxygen atoms in total. The van der Waals surface area contributed by atoms with Crippen LogP contribution in [0.5, 0.6) is 0 Å². The van der Waals surface area contributed by atoms with Crippen molar-refractivity contribution in [1.82, 2.24) is 29.2 Å². The largest absolute Gasteiger partial charge is 0.451 e. The van der Waals surface area contributed by atoms with E-state index in [-0.39, 0.29) is 48.7 Å². The average molecular weight is 478 g/mol. The molecule has 1 aromatic carbocycles. The Hall–Kier alpha value is -4.23. The number of benzene rings is 1. The molecule has 0 spiro atoms. The summed E-state index contributed by atoms with van der Waals surface area (Å²) < 4.78 is 60.9. The summed E-state index contributed by atoms with van der Waals surface area (Å²) in [7, 11) is 0. The van der Waals surface area contributed by atoms with Gasteiger partial charge in [0.25, 0.3) is 11.5 Å². The summed E-state index contributed by atoms with van der Waals surface area (Å²) in [6.45, 7) is -0.724. The van der Waals surface area contributed by atoms with Crippen molar-refractivity contribution in [3.05, 3.63) is 80.0 Å². The minimum Gasteiger partial charge on any atom is -0.447 e. The number of nitrogens with one attached hydrogen (secondary N) is 1. The van der Waals surface area contributed by atoms with E-state index < -0.39 is 35.0 Å². The first kappa shape index (κ1) is 21.6. The molecule has 0 atom stereocenters. The normalized spacial score (nSPS) is 13.9. The van der Waals surface area contributed by atoms with Gasteiger partial charge >= 0.3 is 11.9 Å². The first-order valence-electron chi connectivity index (χ1n) is 9.91. The number of hydrogen-bond donors (Lipinski definition) is 1. The molecule has 0 saturated heterocycles. The quantitative estimate of drug-likeness (QED) is 0.448. The maximum Gasteiger partial charge on any atom is 0.451 e. The second kappa shape index (κ2) is 7.67. The average Bonchev–Trinajstić information content (AvgIpc) is 3.44. The number of aromatic nitrogens is 5. The highest BCUT2D eigenvalue weighted by Crippen LogP contribution is 2.29. The summed E-state index contributed by atoms with van der Waals surface area (Å²) in [5, 5.41) is 6.82. The fourth-order valence-electron chi connectivity index (χ4n) is 3.88. The number of alkyl halides is 3. The van der Waals surface area contributed by atoms with Gasteiger partial charge in [0.1, 0.15) is 11.2 Å². The third kappa shape index (κ3) is 3.56. The van der Waals surface area contributed by atoms with Gasteiger partial charge in [0, 0.05) is 13.1 Å². The van der Waals surface area contributed by atoms with Gasteiger partial charge in [0.05, 0.1) is 24.9 Å². The lowest BCUT2D eigenvalue weighted by Gasteiger charge is -2.28.